The standard InChI is InChI=1S/C11H24N2O/c1-3-5-6-10(13-12)11(14-4-2)9-7-8-9/h9-11,13H,3-8,12H2,1-2H3. The Bertz CT molecular complexity index is 148. The van der Waals surface area contributed by atoms with Crippen molar-refractivity contribution in [2.45, 2.75) is 58.1 Å². The van der Waals surface area contributed by atoms with Crippen molar-refractivity contribution >= 4 is 0 Å². The van der Waals surface area contributed by atoms with Crippen molar-refractivity contribution in [3.05, 3.63) is 0 Å². The highest BCUT2D eigenvalue weighted by molar-refractivity contribution is 4.89. The molecule has 1 fully saturated rings. The van der Waals surface area contributed by atoms with Crippen molar-refractivity contribution in [2.75, 3.05) is 6.61 Å². The normalized spacial score (nSPS) is 20.8. The molecule has 0 spiro atoms. The first-order valence-electron chi connectivity index (χ1n) is 5.91. The van der Waals surface area contributed by atoms with Crippen LogP contribution >= 0.6 is 0 Å². The van der Waals surface area contributed by atoms with Crippen molar-refractivity contribution in [1.29, 1.82) is 0 Å². The van der Waals surface area contributed by atoms with Crippen LogP contribution in [0.4, 0.5) is 0 Å². The van der Waals surface area contributed by atoms with Gasteiger partial charge in [-0.1, -0.05) is 19.8 Å². The molecular weight excluding hydrogens is 176 g/mol. The number of hydrogen-bond donors (Lipinski definition) is 2. The quantitative estimate of drug-likeness (QED) is 0.464. The van der Waals surface area contributed by atoms with Crippen molar-refractivity contribution in [3.8, 4) is 0 Å². The largest absolute Gasteiger partial charge is 0.377 e. The monoisotopic (exact) mass is 200 g/mol. The molecule has 1 saturated carbocycles. The van der Waals surface area contributed by atoms with Gasteiger partial charge in [-0.2, -0.15) is 0 Å². The van der Waals surface area contributed by atoms with E-state index in [4.69, 9.17) is 10.6 Å². The first kappa shape index (κ1) is 12.0. The van der Waals surface area contributed by atoms with Crippen LogP contribution in [-0.4, -0.2) is 18.8 Å². The molecule has 0 aromatic carbocycles. The lowest BCUT2D eigenvalue weighted by Gasteiger charge is -2.26. The van der Waals surface area contributed by atoms with Crippen LogP contribution < -0.4 is 11.3 Å². The number of hydrazine groups is 1. The van der Waals surface area contributed by atoms with E-state index in [-0.39, 0.29) is 0 Å². The van der Waals surface area contributed by atoms with Gasteiger partial charge in [-0.25, -0.2) is 0 Å². The third-order valence-electron chi connectivity index (χ3n) is 2.93. The van der Waals surface area contributed by atoms with E-state index in [1.165, 1.54) is 25.7 Å². The molecule has 0 radical (unpaired) electrons. The summed E-state index contributed by atoms with van der Waals surface area (Å²) in [5, 5.41) is 0. The first-order valence-corrected chi connectivity index (χ1v) is 5.91. The Labute approximate surface area is 87.4 Å². The van der Waals surface area contributed by atoms with E-state index >= 15 is 0 Å². The summed E-state index contributed by atoms with van der Waals surface area (Å²) in [6.45, 7) is 5.06. The highest BCUT2D eigenvalue weighted by Crippen LogP contribution is 2.36. The number of nitrogens with one attached hydrogen (secondary N) is 1. The van der Waals surface area contributed by atoms with E-state index in [9.17, 15) is 0 Å². The van der Waals surface area contributed by atoms with E-state index < -0.39 is 0 Å². The molecule has 3 nitrogen and oxygen atoms in total. The summed E-state index contributed by atoms with van der Waals surface area (Å²) < 4.78 is 5.77. The summed E-state index contributed by atoms with van der Waals surface area (Å²) in [4.78, 5) is 0. The zero-order valence-corrected chi connectivity index (χ0v) is 9.46. The molecule has 2 unspecified atom stereocenters. The van der Waals surface area contributed by atoms with Crippen molar-refractivity contribution in [1.82, 2.24) is 5.43 Å². The third kappa shape index (κ3) is 3.56. The Hall–Kier alpha value is -0.120. The van der Waals surface area contributed by atoms with Gasteiger partial charge in [0, 0.05) is 12.6 Å². The molecule has 1 aliphatic rings. The molecule has 0 saturated heterocycles. The minimum atomic E-state index is 0.344. The second-order valence-corrected chi connectivity index (χ2v) is 4.17. The van der Waals surface area contributed by atoms with Gasteiger partial charge in [0.25, 0.3) is 0 Å². The molecule has 0 amide bonds. The second kappa shape index (κ2) is 6.38. The maximum absolute atomic E-state index is 5.77. The minimum absolute atomic E-state index is 0.344. The zero-order chi connectivity index (χ0) is 10.4. The van der Waals surface area contributed by atoms with Crippen LogP contribution in [0.5, 0.6) is 0 Å². The van der Waals surface area contributed by atoms with Crippen molar-refractivity contribution in [3.63, 3.8) is 0 Å². The van der Waals surface area contributed by atoms with Gasteiger partial charge in [0.2, 0.25) is 0 Å². The molecule has 1 rings (SSSR count). The van der Waals surface area contributed by atoms with E-state index in [1.807, 2.05) is 0 Å². The van der Waals surface area contributed by atoms with E-state index in [1.54, 1.807) is 0 Å². The highest BCUT2D eigenvalue weighted by atomic mass is 16.5. The first-order chi connectivity index (χ1) is 6.83. The van der Waals surface area contributed by atoms with Gasteiger partial charge in [-0.05, 0) is 32.1 Å². The van der Waals surface area contributed by atoms with Crippen LogP contribution in [0.15, 0.2) is 0 Å². The van der Waals surface area contributed by atoms with Crippen LogP contribution in [0.3, 0.4) is 0 Å². The predicted octanol–water partition coefficient (Wildman–Crippen LogP) is 1.82. The number of rotatable bonds is 8. The topological polar surface area (TPSA) is 47.3 Å². The van der Waals surface area contributed by atoms with Crippen molar-refractivity contribution < 1.29 is 4.74 Å². The van der Waals surface area contributed by atoms with Crippen LogP contribution in [0, 0.1) is 5.92 Å². The van der Waals surface area contributed by atoms with Gasteiger partial charge in [0.05, 0.1) is 6.10 Å². The van der Waals surface area contributed by atoms with Gasteiger partial charge in [-0.15, -0.1) is 0 Å². The summed E-state index contributed by atoms with van der Waals surface area (Å²) in [6.07, 6.45) is 6.56. The SMILES string of the molecule is CCCCC(NN)C(OCC)C1CC1. The van der Waals surface area contributed by atoms with Gasteiger partial charge < -0.3 is 4.74 Å². The molecule has 2 atom stereocenters. The Morgan fingerprint density at radius 2 is 2.14 bits per heavy atom. The van der Waals surface area contributed by atoms with Crippen LogP contribution in [-0.2, 0) is 4.74 Å². The maximum Gasteiger partial charge on any atom is 0.0769 e. The lowest BCUT2D eigenvalue weighted by molar-refractivity contribution is 0.0164. The molecule has 84 valence electrons. The fourth-order valence-electron chi connectivity index (χ4n) is 1.96. The van der Waals surface area contributed by atoms with Crippen molar-refractivity contribution in [2.24, 2.45) is 11.8 Å². The third-order valence-corrected chi connectivity index (χ3v) is 2.93. The summed E-state index contributed by atoms with van der Waals surface area (Å²) in [5.41, 5.74) is 2.92. The average Bonchev–Trinajstić information content (AvgIpc) is 3.00. The fourth-order valence-corrected chi connectivity index (χ4v) is 1.96. The van der Waals surface area contributed by atoms with Gasteiger partial charge in [0.15, 0.2) is 0 Å². The Morgan fingerprint density at radius 3 is 2.57 bits per heavy atom. The molecule has 3 N–H and O–H groups in total. The summed E-state index contributed by atoms with van der Waals surface area (Å²) in [7, 11) is 0. The average molecular weight is 200 g/mol. The molecule has 0 aliphatic heterocycles. The van der Waals surface area contributed by atoms with E-state index in [0.717, 1.165) is 18.9 Å². The summed E-state index contributed by atoms with van der Waals surface area (Å²) >= 11 is 0. The van der Waals surface area contributed by atoms with Crippen LogP contribution in [0.25, 0.3) is 0 Å². The summed E-state index contributed by atoms with van der Waals surface area (Å²) in [5.74, 6) is 6.34. The lowest BCUT2D eigenvalue weighted by atomic mass is 10.0. The molecule has 0 aromatic rings. The number of unbranched alkanes of at least 4 members (excludes halogenated alkanes) is 1. The molecule has 0 aromatic heterocycles. The molecule has 0 bridgehead atoms. The molecule has 0 heterocycles. The Kier molecular flexibility index (Phi) is 5.45. The fraction of sp³-hybridized carbons (Fsp3) is 1.00. The van der Waals surface area contributed by atoms with Crippen LogP contribution in [0.2, 0.25) is 0 Å². The lowest BCUT2D eigenvalue weighted by Crippen LogP contribution is -2.46. The van der Waals surface area contributed by atoms with Gasteiger partial charge in [-0.3, -0.25) is 11.3 Å². The van der Waals surface area contributed by atoms with E-state index in [0.29, 0.717) is 12.1 Å². The maximum atomic E-state index is 5.77. The Balaban J connectivity index is 2.35. The van der Waals surface area contributed by atoms with Crippen LogP contribution in [0.1, 0.15) is 46.0 Å². The number of hydrogen-bond acceptors (Lipinski definition) is 3. The number of ether oxygens (including phenoxy) is 1. The predicted molar refractivity (Wildman–Crippen MR) is 58.8 cm³/mol. The van der Waals surface area contributed by atoms with Gasteiger partial charge >= 0.3 is 0 Å². The molecule has 1 aliphatic carbocycles. The highest BCUT2D eigenvalue weighted by Gasteiger charge is 2.36. The van der Waals surface area contributed by atoms with Gasteiger partial charge in [0.1, 0.15) is 0 Å². The minimum Gasteiger partial charge on any atom is -0.377 e. The summed E-state index contributed by atoms with van der Waals surface area (Å²) in [6, 6.07) is 0.349. The smallest absolute Gasteiger partial charge is 0.0769 e. The molecule has 3 heteroatoms. The molecular formula is C11H24N2O. The van der Waals surface area contributed by atoms with E-state index in [2.05, 4.69) is 19.3 Å². The number of nitrogens with two attached hydrogens (primary N) is 1. The Morgan fingerprint density at radius 1 is 1.43 bits per heavy atom. The second-order valence-electron chi connectivity index (χ2n) is 4.17. The zero-order valence-electron chi connectivity index (χ0n) is 9.46. The molecule has 14 heavy (non-hydrogen) atoms.